The smallest absolute Gasteiger partial charge is 0.192 e. The lowest BCUT2D eigenvalue weighted by Gasteiger charge is -2.47. The molecule has 0 heterocycles. The van der Waals surface area contributed by atoms with Gasteiger partial charge >= 0.3 is 0 Å². The molecule has 0 unspecified atom stereocenters. The van der Waals surface area contributed by atoms with Gasteiger partial charge in [0.15, 0.2) is 25.0 Å². The van der Waals surface area contributed by atoms with Gasteiger partial charge in [-0.15, -0.1) is 6.58 Å². The van der Waals surface area contributed by atoms with Crippen molar-refractivity contribution in [1.82, 2.24) is 0 Å². The first-order valence-corrected chi connectivity index (χ1v) is 36.6. The predicted octanol–water partition coefficient (Wildman–Crippen LogP) is 18.0. The van der Waals surface area contributed by atoms with Gasteiger partial charge in [0.2, 0.25) is 0 Å². The molecule has 0 aliphatic heterocycles. The van der Waals surface area contributed by atoms with Gasteiger partial charge in [0.05, 0.1) is 30.3 Å². The number of aldehydes is 1. The number of benzene rings is 3. The molecule has 0 saturated heterocycles. The molecular weight excluding hydrogens is 1050 g/mol. The van der Waals surface area contributed by atoms with Crippen molar-refractivity contribution in [1.29, 1.82) is 0 Å². The van der Waals surface area contributed by atoms with Crippen LogP contribution in [0.25, 0.3) is 0 Å². The van der Waals surface area contributed by atoms with Crippen LogP contribution in [0.15, 0.2) is 125 Å². The Labute approximate surface area is 456 Å². The largest absolute Gasteiger partial charge is 0.413 e. The molecule has 0 N–H and O–H groups in total. The zero-order valence-electron chi connectivity index (χ0n) is 48.3. The second-order valence-corrected chi connectivity index (χ2v) is 40.3. The van der Waals surface area contributed by atoms with Crippen LogP contribution in [0.5, 0.6) is 0 Å². The van der Waals surface area contributed by atoms with Crippen LogP contribution in [0, 0.1) is 17.3 Å². The third kappa shape index (κ3) is 16.2. The summed E-state index contributed by atoms with van der Waals surface area (Å²) in [6, 6.07) is 31.8. The fraction of sp³-hybridized carbons (Fsp3) is 0.581. The van der Waals surface area contributed by atoms with E-state index in [1.165, 1.54) is 11.1 Å². The normalized spacial score (nSPS) is 16.8. The van der Waals surface area contributed by atoms with Crippen LogP contribution < -0.4 is 0 Å². The van der Waals surface area contributed by atoms with Crippen molar-refractivity contribution in [2.45, 2.75) is 207 Å². The van der Waals surface area contributed by atoms with Crippen LogP contribution in [-0.2, 0) is 33.2 Å². The third-order valence-corrected chi connectivity index (χ3v) is 31.2. The molecule has 0 aliphatic carbocycles. The quantitative estimate of drug-likeness (QED) is 0.0237. The molecule has 400 valence electrons. The summed E-state index contributed by atoms with van der Waals surface area (Å²) >= 11 is 2.36. The fourth-order valence-electron chi connectivity index (χ4n) is 8.87. The van der Waals surface area contributed by atoms with E-state index in [1.54, 1.807) is 0 Å². The molecule has 3 aromatic rings. The van der Waals surface area contributed by atoms with Gasteiger partial charge in [-0.3, -0.25) is 4.79 Å². The van der Waals surface area contributed by atoms with Gasteiger partial charge in [0.1, 0.15) is 17.7 Å². The molecule has 0 spiro atoms. The minimum absolute atomic E-state index is 0.0370. The number of hydrogen-bond donors (Lipinski definition) is 0. The van der Waals surface area contributed by atoms with E-state index < -0.39 is 48.0 Å². The van der Waals surface area contributed by atoms with E-state index in [0.717, 1.165) is 48.7 Å². The Bertz CT molecular complexity index is 2120. The Hall–Kier alpha value is -2.56. The van der Waals surface area contributed by atoms with E-state index in [2.05, 4.69) is 253 Å². The molecule has 6 atom stereocenters. The van der Waals surface area contributed by atoms with Crippen molar-refractivity contribution in [3.8, 4) is 0 Å². The summed E-state index contributed by atoms with van der Waals surface area (Å²) in [4.78, 5) is 27.9. The Morgan fingerprint density at radius 2 is 1.10 bits per heavy atom. The van der Waals surface area contributed by atoms with Crippen LogP contribution in [0.3, 0.4) is 0 Å². The molecule has 0 radical (unpaired) electrons. The zero-order chi connectivity index (χ0) is 54.6. The van der Waals surface area contributed by atoms with Crippen molar-refractivity contribution in [2.75, 3.05) is 6.61 Å². The minimum Gasteiger partial charge on any atom is -0.413 e. The average Bonchev–Trinajstić information content (AvgIpc) is 3.30. The predicted molar refractivity (Wildman–Crippen MR) is 323 cm³/mol. The molecule has 10 heteroatoms. The second-order valence-electron chi connectivity index (χ2n) is 25.4. The summed E-state index contributed by atoms with van der Waals surface area (Å²) < 4.78 is 31.3. The molecule has 72 heavy (non-hydrogen) atoms. The number of carbonyl (C=O) groups is 2. The summed E-state index contributed by atoms with van der Waals surface area (Å²) in [6.45, 7) is 46.9. The number of ether oxygens (including phenoxy) is 1. The fourth-order valence-corrected chi connectivity index (χ4v) is 13.5. The number of halogens is 1. The summed E-state index contributed by atoms with van der Waals surface area (Å²) in [5.41, 5.74) is 3.77. The van der Waals surface area contributed by atoms with Crippen molar-refractivity contribution in [3.05, 3.63) is 142 Å². The van der Waals surface area contributed by atoms with Gasteiger partial charge < -0.3 is 22.8 Å². The van der Waals surface area contributed by atoms with Crippen LogP contribution in [0.2, 0.25) is 54.4 Å². The molecule has 0 aliphatic rings. The summed E-state index contributed by atoms with van der Waals surface area (Å²) in [6.07, 6.45) is 7.91. The van der Waals surface area contributed by atoms with Crippen molar-refractivity contribution in [3.63, 3.8) is 0 Å². The van der Waals surface area contributed by atoms with E-state index in [1.807, 2.05) is 13.0 Å². The maximum atomic E-state index is 15.5. The molecule has 0 aromatic heterocycles. The van der Waals surface area contributed by atoms with E-state index in [9.17, 15) is 4.79 Å². The van der Waals surface area contributed by atoms with Crippen LogP contribution in [-0.4, -0.2) is 61.9 Å². The van der Waals surface area contributed by atoms with Crippen molar-refractivity contribution < 1.29 is 27.6 Å². The van der Waals surface area contributed by atoms with Gasteiger partial charge in [-0.1, -0.05) is 202 Å². The lowest BCUT2D eigenvalue weighted by molar-refractivity contribution is -0.142. The first-order valence-electron chi connectivity index (χ1n) is 26.6. The maximum Gasteiger partial charge on any atom is 0.192 e. The zero-order valence-corrected chi connectivity index (χ0v) is 53.5. The van der Waals surface area contributed by atoms with Gasteiger partial charge in [-0.2, -0.15) is 0 Å². The van der Waals surface area contributed by atoms with Crippen molar-refractivity contribution >= 4 is 59.6 Å². The maximum absolute atomic E-state index is 15.5. The Morgan fingerprint density at radius 3 is 1.50 bits per heavy atom. The highest BCUT2D eigenvalue weighted by molar-refractivity contribution is 14.1. The molecular formula is C62H97IO6Si3. The first kappa shape index (κ1) is 63.7. The molecule has 0 bridgehead atoms. The van der Waals surface area contributed by atoms with Gasteiger partial charge in [0.25, 0.3) is 0 Å². The highest BCUT2D eigenvalue weighted by Gasteiger charge is 2.51. The van der Waals surface area contributed by atoms with E-state index in [-0.39, 0.29) is 45.4 Å². The molecule has 3 rings (SSSR count). The lowest BCUT2D eigenvalue weighted by Crippen LogP contribution is -2.55. The van der Waals surface area contributed by atoms with Gasteiger partial charge in [0, 0.05) is 12.3 Å². The third-order valence-electron chi connectivity index (χ3n) is 16.8. The van der Waals surface area contributed by atoms with Crippen LogP contribution >= 0.6 is 22.6 Å². The monoisotopic (exact) mass is 1150 g/mol. The van der Waals surface area contributed by atoms with Gasteiger partial charge in [-0.25, -0.2) is 0 Å². The highest BCUT2D eigenvalue weighted by atomic mass is 127. The number of Topliss-reactive ketones (excluding diaryl/α,β-unsaturated/α-hetero) is 1. The Morgan fingerprint density at radius 1 is 0.667 bits per heavy atom. The molecule has 0 fully saturated rings. The van der Waals surface area contributed by atoms with E-state index in [0.29, 0.717) is 13.0 Å². The molecule has 3 aromatic carbocycles. The van der Waals surface area contributed by atoms with E-state index in [4.69, 9.17) is 18.0 Å². The average molecular weight is 1150 g/mol. The molecule has 0 saturated carbocycles. The Balaban J connectivity index is 2.17. The second kappa shape index (κ2) is 26.5. The number of ketones is 1. The van der Waals surface area contributed by atoms with E-state index >= 15 is 4.79 Å². The summed E-state index contributed by atoms with van der Waals surface area (Å²) in [5, 5.41) is -0.122. The molecule has 6 nitrogen and oxygen atoms in total. The topological polar surface area (TPSA) is 71.1 Å². The van der Waals surface area contributed by atoms with Crippen molar-refractivity contribution in [2.24, 2.45) is 17.3 Å². The number of allylic oxidation sites excluding steroid dienone is 1. The lowest BCUT2D eigenvalue weighted by atomic mass is 9.70. The number of hydrogen-bond acceptors (Lipinski definition) is 6. The summed E-state index contributed by atoms with van der Waals surface area (Å²) in [7, 11) is -6.90. The highest BCUT2D eigenvalue weighted by Crippen LogP contribution is 2.46. The SMILES string of the molecule is C=CC[C@@](C)(C(=O)[C@H](C)[C@@H](O[Si](C)(C)C(C)(C)C)[C@@H](C)CCC/C(=C\C[C@H](O[Si](C)(C)C(C)(C)C)/C(C)=C/I)COC(c1ccccc1)(c1ccccc1)c1ccccc1)[C@H](CC=O)O[Si](C)(C)C(C)(C)C. The number of carbonyl (C=O) groups excluding carboxylic acids is 2. The van der Waals surface area contributed by atoms with Crippen LogP contribution in [0.1, 0.15) is 145 Å². The standard InChI is InChI=1S/C62H97IO6Si3/c1-21-43-61(14,55(42-44-64)68-71(17,18)59(8,9)10)57(65)49(4)56(69-72(19,20)60(11,12)13)47(2)32-31-33-50(40-41-54(48(3)45-63)67-70(15,16)58(5,6)7)46-66-62(51-34-25-22-26-35-51,52-36-27-23-28-37-52)53-38-29-24-30-39-53/h21-30,34-40,44-45,47,49,54-56H,1,31-33,41-43,46H2,2-20H3/b48-45+,50-40+/t47-,49+,54-,55-,56-,61+/m0/s1. The summed E-state index contributed by atoms with van der Waals surface area (Å²) in [5.74, 6) is -0.355. The molecule has 0 amide bonds. The first-order chi connectivity index (χ1) is 33.3. The minimum atomic E-state index is -2.39. The van der Waals surface area contributed by atoms with Gasteiger partial charge in [-0.05, 0) is 138 Å². The Kier molecular flexibility index (Phi) is 23.4. The van der Waals surface area contributed by atoms with Crippen LogP contribution in [0.4, 0.5) is 0 Å². The number of rotatable bonds is 28.